The molecule has 37 heavy (non-hydrogen) atoms. The number of hydrogen-bond donors (Lipinski definition) is 2. The van der Waals surface area contributed by atoms with E-state index in [4.69, 9.17) is 14.6 Å². The van der Waals surface area contributed by atoms with Crippen LogP contribution in [-0.2, 0) is 0 Å². The first-order valence-electron chi connectivity index (χ1n) is 11.5. The second-order valence-corrected chi connectivity index (χ2v) is 8.91. The zero-order chi connectivity index (χ0) is 26.4. The molecule has 0 saturated heterocycles. The van der Waals surface area contributed by atoms with Crippen molar-refractivity contribution in [3.63, 3.8) is 0 Å². The molecule has 3 heterocycles. The molecule has 10 heteroatoms. The average molecular weight is 504 g/mol. The van der Waals surface area contributed by atoms with Crippen LogP contribution in [0.25, 0.3) is 33.9 Å². The minimum atomic E-state index is -1.03. The first kappa shape index (κ1) is 24.1. The van der Waals surface area contributed by atoms with E-state index in [2.05, 4.69) is 20.5 Å². The van der Waals surface area contributed by atoms with E-state index in [0.29, 0.717) is 33.5 Å². The van der Waals surface area contributed by atoms with Crippen molar-refractivity contribution < 1.29 is 17.6 Å². The van der Waals surface area contributed by atoms with E-state index >= 15 is 0 Å². The molecule has 0 spiro atoms. The molecule has 2 aromatic carbocycles. The number of benzene rings is 2. The molecular weight excluding hydrogens is 480 g/mol. The van der Waals surface area contributed by atoms with Crippen LogP contribution < -0.4 is 16.5 Å². The maximum atomic E-state index is 14.0. The van der Waals surface area contributed by atoms with E-state index in [-0.39, 0.29) is 34.7 Å². The zero-order valence-electron chi connectivity index (χ0n) is 20.5. The summed E-state index contributed by atoms with van der Waals surface area (Å²) in [6.45, 7) is 7.22. The summed E-state index contributed by atoms with van der Waals surface area (Å²) in [5.41, 5.74) is 9.57. The second kappa shape index (κ2) is 9.12. The lowest BCUT2D eigenvalue weighted by molar-refractivity contribution is 0.508. The summed E-state index contributed by atoms with van der Waals surface area (Å²) in [4.78, 5) is 17.9. The SMILES string of the molecule is Cc1cc([C@@H](C)Nc2ccc(C)nc2-c2nnc(N)o2)c2oc(-c3ccc(F)c(F)c3)c(C)c(=O)c2c1. The Balaban J connectivity index is 1.65. The number of aromatic nitrogens is 3. The van der Waals surface area contributed by atoms with E-state index in [1.807, 2.05) is 39.0 Å². The first-order chi connectivity index (χ1) is 17.6. The number of nitrogens with two attached hydrogens (primary N) is 1. The second-order valence-electron chi connectivity index (χ2n) is 8.91. The van der Waals surface area contributed by atoms with Gasteiger partial charge in [0, 0.05) is 22.4 Å². The fourth-order valence-electron chi connectivity index (χ4n) is 4.28. The van der Waals surface area contributed by atoms with Gasteiger partial charge in [-0.15, -0.1) is 5.10 Å². The highest BCUT2D eigenvalue weighted by Crippen LogP contribution is 2.34. The zero-order valence-corrected chi connectivity index (χ0v) is 20.5. The normalized spacial score (nSPS) is 12.2. The Morgan fingerprint density at radius 3 is 2.46 bits per heavy atom. The molecule has 0 unspecified atom stereocenters. The molecule has 0 aliphatic carbocycles. The molecule has 0 fully saturated rings. The van der Waals surface area contributed by atoms with E-state index < -0.39 is 11.6 Å². The van der Waals surface area contributed by atoms with Gasteiger partial charge in [-0.05, 0) is 69.7 Å². The van der Waals surface area contributed by atoms with Gasteiger partial charge in [-0.1, -0.05) is 11.2 Å². The van der Waals surface area contributed by atoms with Crippen LogP contribution in [0.3, 0.4) is 0 Å². The van der Waals surface area contributed by atoms with Crippen LogP contribution in [0, 0.1) is 32.4 Å². The molecule has 8 nitrogen and oxygen atoms in total. The number of rotatable bonds is 5. The van der Waals surface area contributed by atoms with Gasteiger partial charge in [0.25, 0.3) is 5.89 Å². The molecule has 3 aromatic heterocycles. The number of hydrogen-bond acceptors (Lipinski definition) is 8. The molecule has 0 bridgehead atoms. The summed E-state index contributed by atoms with van der Waals surface area (Å²) in [5.74, 6) is -1.68. The number of pyridine rings is 1. The van der Waals surface area contributed by atoms with E-state index in [9.17, 15) is 13.6 Å². The van der Waals surface area contributed by atoms with Crippen LogP contribution in [0.15, 0.2) is 56.1 Å². The third kappa shape index (κ3) is 4.42. The van der Waals surface area contributed by atoms with Crippen LogP contribution in [0.5, 0.6) is 0 Å². The Labute approximate surface area is 210 Å². The molecule has 0 aliphatic heterocycles. The molecule has 0 radical (unpaired) electrons. The lowest BCUT2D eigenvalue weighted by Gasteiger charge is -2.20. The molecule has 0 amide bonds. The van der Waals surface area contributed by atoms with Crippen molar-refractivity contribution in [3.05, 3.63) is 86.7 Å². The number of nitrogen functional groups attached to an aromatic ring is 1. The summed E-state index contributed by atoms with van der Waals surface area (Å²) in [6.07, 6.45) is 0. The van der Waals surface area contributed by atoms with E-state index in [1.54, 1.807) is 13.0 Å². The van der Waals surface area contributed by atoms with Crippen LogP contribution >= 0.6 is 0 Å². The molecular formula is C27H23F2N5O3. The number of fused-ring (bicyclic) bond motifs is 1. The minimum Gasteiger partial charge on any atom is -0.455 e. The Bertz CT molecular complexity index is 1730. The van der Waals surface area contributed by atoms with E-state index in [1.165, 1.54) is 6.07 Å². The van der Waals surface area contributed by atoms with Crippen molar-refractivity contribution in [2.45, 2.75) is 33.7 Å². The van der Waals surface area contributed by atoms with Gasteiger partial charge in [0.05, 0.1) is 17.1 Å². The standard InChI is InChI=1S/C27H23F2N5O3/c1-12-9-17(15(4)32-21-8-5-13(2)31-22(21)26-33-34-27(30)37-26)25-18(10-12)23(35)14(3)24(36-25)16-6-7-19(28)20(29)11-16/h5-11,15,32H,1-4H3,(H2,30,34)/t15-/m1/s1. The smallest absolute Gasteiger partial charge is 0.313 e. The fourth-order valence-corrected chi connectivity index (χ4v) is 4.28. The van der Waals surface area contributed by atoms with Gasteiger partial charge in [-0.2, -0.15) is 0 Å². The lowest BCUT2D eigenvalue weighted by atomic mass is 9.98. The van der Waals surface area contributed by atoms with Gasteiger partial charge in [-0.3, -0.25) is 4.79 Å². The Morgan fingerprint density at radius 2 is 1.76 bits per heavy atom. The summed E-state index contributed by atoms with van der Waals surface area (Å²) in [6, 6.07) is 10.3. The highest BCUT2D eigenvalue weighted by Gasteiger charge is 2.21. The number of nitrogens with zero attached hydrogens (tertiary/aromatic N) is 3. The van der Waals surface area contributed by atoms with Crippen LogP contribution in [-0.4, -0.2) is 15.2 Å². The third-order valence-corrected chi connectivity index (χ3v) is 6.09. The largest absolute Gasteiger partial charge is 0.455 e. The molecule has 5 aromatic rings. The van der Waals surface area contributed by atoms with Crippen LogP contribution in [0.2, 0.25) is 0 Å². The quantitative estimate of drug-likeness (QED) is 0.306. The average Bonchev–Trinajstić information content (AvgIpc) is 3.30. The van der Waals surface area contributed by atoms with Gasteiger partial charge in [-0.25, -0.2) is 13.8 Å². The van der Waals surface area contributed by atoms with Crippen LogP contribution in [0.4, 0.5) is 20.5 Å². The fraction of sp³-hybridized carbons (Fsp3) is 0.185. The van der Waals surface area contributed by atoms with E-state index in [0.717, 1.165) is 23.4 Å². The van der Waals surface area contributed by atoms with Gasteiger partial charge in [0.1, 0.15) is 11.3 Å². The first-order valence-corrected chi connectivity index (χ1v) is 11.5. The topological polar surface area (TPSA) is 120 Å². The highest BCUT2D eigenvalue weighted by molar-refractivity contribution is 5.85. The maximum Gasteiger partial charge on any atom is 0.313 e. The monoisotopic (exact) mass is 503 g/mol. The number of halogens is 2. The predicted molar refractivity (Wildman–Crippen MR) is 136 cm³/mol. The summed E-state index contributed by atoms with van der Waals surface area (Å²) < 4.78 is 39.2. The van der Waals surface area contributed by atoms with Crippen molar-refractivity contribution in [1.82, 2.24) is 15.2 Å². The molecule has 0 saturated carbocycles. The van der Waals surface area contributed by atoms with Crippen molar-refractivity contribution in [3.8, 4) is 22.9 Å². The highest BCUT2D eigenvalue weighted by atomic mass is 19.2. The molecule has 188 valence electrons. The Kier molecular flexibility index (Phi) is 5.94. The van der Waals surface area contributed by atoms with Crippen molar-refractivity contribution >= 4 is 22.7 Å². The van der Waals surface area contributed by atoms with Crippen LogP contribution in [0.1, 0.15) is 35.3 Å². The summed E-state index contributed by atoms with van der Waals surface area (Å²) >= 11 is 0. The summed E-state index contributed by atoms with van der Waals surface area (Å²) in [5, 5.41) is 11.4. The van der Waals surface area contributed by atoms with Gasteiger partial charge >= 0.3 is 6.01 Å². The minimum absolute atomic E-state index is 0.0797. The van der Waals surface area contributed by atoms with Gasteiger partial charge in [0.2, 0.25) is 0 Å². The third-order valence-electron chi connectivity index (χ3n) is 6.09. The Morgan fingerprint density at radius 1 is 0.973 bits per heavy atom. The number of anilines is 2. The maximum absolute atomic E-state index is 14.0. The molecule has 5 rings (SSSR count). The molecule has 0 aliphatic rings. The predicted octanol–water partition coefficient (Wildman–Crippen LogP) is 5.86. The number of aryl methyl sites for hydroxylation is 2. The summed E-state index contributed by atoms with van der Waals surface area (Å²) in [7, 11) is 0. The van der Waals surface area contributed by atoms with Crippen molar-refractivity contribution in [1.29, 1.82) is 0 Å². The molecule has 1 atom stereocenters. The van der Waals surface area contributed by atoms with Gasteiger partial charge < -0.3 is 19.9 Å². The number of nitrogens with one attached hydrogen (secondary N) is 1. The van der Waals surface area contributed by atoms with Crippen molar-refractivity contribution in [2.75, 3.05) is 11.1 Å². The van der Waals surface area contributed by atoms with Gasteiger partial charge in [0.15, 0.2) is 22.8 Å². The molecule has 3 N–H and O–H groups in total. The lowest BCUT2D eigenvalue weighted by Crippen LogP contribution is -2.13. The van der Waals surface area contributed by atoms with Crippen molar-refractivity contribution in [2.24, 2.45) is 0 Å². The Hall–Kier alpha value is -4.60.